The Kier molecular flexibility index (Phi) is 2.94. The molecule has 0 radical (unpaired) electrons. The lowest BCUT2D eigenvalue weighted by Crippen LogP contribution is -2.31. The minimum absolute atomic E-state index is 0.486. The van der Waals surface area contributed by atoms with Gasteiger partial charge in [-0.2, -0.15) is 0 Å². The smallest absolute Gasteiger partial charge is 0.0552 e. The van der Waals surface area contributed by atoms with Crippen molar-refractivity contribution in [3.05, 3.63) is 0 Å². The minimum Gasteiger partial charge on any atom is -0.378 e. The molecule has 0 aromatic rings. The van der Waals surface area contributed by atoms with Crippen LogP contribution in [0, 0.1) is 5.41 Å². The second-order valence-corrected chi connectivity index (χ2v) is 4.20. The van der Waals surface area contributed by atoms with Crippen LogP contribution in [0.25, 0.3) is 0 Å². The summed E-state index contributed by atoms with van der Waals surface area (Å²) in [5, 5.41) is 0. The van der Waals surface area contributed by atoms with E-state index < -0.39 is 0 Å². The summed E-state index contributed by atoms with van der Waals surface area (Å²) in [6, 6.07) is 0. The molecule has 0 amide bonds. The standard InChI is InChI=1S/C10H20O/c1-4-5-10(3)6-7-11-9(2)8-10/h9H,4-8H2,1-3H3. The summed E-state index contributed by atoms with van der Waals surface area (Å²) in [5.41, 5.74) is 0.576. The van der Waals surface area contributed by atoms with Gasteiger partial charge in [-0.15, -0.1) is 0 Å². The average molecular weight is 156 g/mol. The Morgan fingerprint density at radius 2 is 2.27 bits per heavy atom. The van der Waals surface area contributed by atoms with E-state index in [0.29, 0.717) is 11.5 Å². The van der Waals surface area contributed by atoms with Gasteiger partial charge in [0.05, 0.1) is 6.10 Å². The molecule has 0 bridgehead atoms. The van der Waals surface area contributed by atoms with E-state index in [1.165, 1.54) is 25.7 Å². The van der Waals surface area contributed by atoms with Crippen LogP contribution in [0.4, 0.5) is 0 Å². The second-order valence-electron chi connectivity index (χ2n) is 4.20. The first-order chi connectivity index (χ1) is 5.16. The van der Waals surface area contributed by atoms with Crippen LogP contribution in [0.3, 0.4) is 0 Å². The van der Waals surface area contributed by atoms with Crippen LogP contribution in [0.2, 0.25) is 0 Å². The zero-order valence-corrected chi connectivity index (χ0v) is 8.02. The Hall–Kier alpha value is -0.0400. The molecule has 0 aromatic heterocycles. The van der Waals surface area contributed by atoms with E-state index in [1.54, 1.807) is 0 Å². The molecule has 1 saturated heterocycles. The van der Waals surface area contributed by atoms with Crippen LogP contribution in [-0.2, 0) is 4.74 Å². The predicted molar refractivity (Wildman–Crippen MR) is 47.7 cm³/mol. The molecule has 1 rings (SSSR count). The summed E-state index contributed by atoms with van der Waals surface area (Å²) in [5.74, 6) is 0. The van der Waals surface area contributed by atoms with E-state index in [1.807, 2.05) is 0 Å². The summed E-state index contributed by atoms with van der Waals surface area (Å²) in [6.07, 6.45) is 5.66. The average Bonchev–Trinajstić information content (AvgIpc) is 1.86. The molecule has 0 spiro atoms. The summed E-state index contributed by atoms with van der Waals surface area (Å²) in [4.78, 5) is 0. The number of rotatable bonds is 2. The quantitative estimate of drug-likeness (QED) is 0.597. The zero-order valence-electron chi connectivity index (χ0n) is 8.02. The van der Waals surface area contributed by atoms with Gasteiger partial charge in [0.25, 0.3) is 0 Å². The monoisotopic (exact) mass is 156 g/mol. The Labute approximate surface area is 70.1 Å². The largest absolute Gasteiger partial charge is 0.378 e. The molecule has 0 aliphatic carbocycles. The van der Waals surface area contributed by atoms with Crippen molar-refractivity contribution in [2.24, 2.45) is 5.41 Å². The molecule has 0 N–H and O–H groups in total. The van der Waals surface area contributed by atoms with Gasteiger partial charge in [-0.3, -0.25) is 0 Å². The molecule has 1 nitrogen and oxygen atoms in total. The summed E-state index contributed by atoms with van der Waals surface area (Å²) in [6.45, 7) is 7.83. The highest BCUT2D eigenvalue weighted by atomic mass is 16.5. The number of hydrogen-bond donors (Lipinski definition) is 0. The van der Waals surface area contributed by atoms with Crippen molar-refractivity contribution in [1.29, 1.82) is 0 Å². The molecular formula is C10H20O. The van der Waals surface area contributed by atoms with E-state index >= 15 is 0 Å². The van der Waals surface area contributed by atoms with Crippen LogP contribution in [0.15, 0.2) is 0 Å². The van der Waals surface area contributed by atoms with Crippen molar-refractivity contribution in [2.45, 2.75) is 52.6 Å². The molecule has 2 atom stereocenters. The summed E-state index contributed by atoms with van der Waals surface area (Å²) in [7, 11) is 0. The van der Waals surface area contributed by atoms with Gasteiger partial charge >= 0.3 is 0 Å². The maximum absolute atomic E-state index is 5.52. The van der Waals surface area contributed by atoms with Crippen molar-refractivity contribution < 1.29 is 4.74 Å². The SMILES string of the molecule is CCCC1(C)CCOC(C)C1. The fourth-order valence-electron chi connectivity index (χ4n) is 2.19. The zero-order chi connectivity index (χ0) is 8.32. The van der Waals surface area contributed by atoms with Gasteiger partial charge in [0.2, 0.25) is 0 Å². The van der Waals surface area contributed by atoms with Crippen LogP contribution in [-0.4, -0.2) is 12.7 Å². The van der Waals surface area contributed by atoms with Gasteiger partial charge in [-0.25, -0.2) is 0 Å². The van der Waals surface area contributed by atoms with Crippen molar-refractivity contribution in [1.82, 2.24) is 0 Å². The van der Waals surface area contributed by atoms with Crippen LogP contribution >= 0.6 is 0 Å². The molecular weight excluding hydrogens is 136 g/mol. The molecule has 11 heavy (non-hydrogen) atoms. The fourth-order valence-corrected chi connectivity index (χ4v) is 2.19. The molecule has 66 valence electrons. The predicted octanol–water partition coefficient (Wildman–Crippen LogP) is 2.99. The van der Waals surface area contributed by atoms with Crippen molar-refractivity contribution in [3.8, 4) is 0 Å². The first kappa shape index (κ1) is 9.05. The number of hydrogen-bond acceptors (Lipinski definition) is 1. The second kappa shape index (κ2) is 3.57. The van der Waals surface area contributed by atoms with Crippen molar-refractivity contribution in [2.75, 3.05) is 6.61 Å². The van der Waals surface area contributed by atoms with Gasteiger partial charge in [0, 0.05) is 6.61 Å². The molecule has 0 saturated carbocycles. The third-order valence-electron chi connectivity index (χ3n) is 2.74. The van der Waals surface area contributed by atoms with E-state index in [4.69, 9.17) is 4.74 Å². The normalized spacial score (nSPS) is 39.0. The Balaban J connectivity index is 2.41. The van der Waals surface area contributed by atoms with E-state index in [-0.39, 0.29) is 0 Å². The maximum Gasteiger partial charge on any atom is 0.0552 e. The van der Waals surface area contributed by atoms with Crippen molar-refractivity contribution >= 4 is 0 Å². The Morgan fingerprint density at radius 1 is 1.55 bits per heavy atom. The topological polar surface area (TPSA) is 9.23 Å². The summed E-state index contributed by atoms with van der Waals surface area (Å²) >= 11 is 0. The maximum atomic E-state index is 5.52. The lowest BCUT2D eigenvalue weighted by molar-refractivity contribution is -0.0352. The number of ether oxygens (including phenoxy) is 1. The Morgan fingerprint density at radius 3 is 2.82 bits per heavy atom. The summed E-state index contributed by atoms with van der Waals surface area (Å²) < 4.78 is 5.52. The van der Waals surface area contributed by atoms with Crippen LogP contribution < -0.4 is 0 Å². The lowest BCUT2D eigenvalue weighted by Gasteiger charge is -2.36. The van der Waals surface area contributed by atoms with E-state index in [2.05, 4.69) is 20.8 Å². The molecule has 1 aliphatic heterocycles. The lowest BCUT2D eigenvalue weighted by atomic mass is 9.76. The fraction of sp³-hybridized carbons (Fsp3) is 1.00. The minimum atomic E-state index is 0.486. The molecule has 2 unspecified atom stereocenters. The highest BCUT2D eigenvalue weighted by Crippen LogP contribution is 2.36. The Bertz CT molecular complexity index is 118. The first-order valence-electron chi connectivity index (χ1n) is 4.78. The molecule has 1 heterocycles. The highest BCUT2D eigenvalue weighted by Gasteiger charge is 2.29. The van der Waals surface area contributed by atoms with E-state index in [9.17, 15) is 0 Å². The van der Waals surface area contributed by atoms with Crippen LogP contribution in [0.5, 0.6) is 0 Å². The third kappa shape index (κ3) is 2.48. The van der Waals surface area contributed by atoms with E-state index in [0.717, 1.165) is 6.61 Å². The van der Waals surface area contributed by atoms with Gasteiger partial charge in [-0.1, -0.05) is 20.3 Å². The van der Waals surface area contributed by atoms with Gasteiger partial charge in [0.1, 0.15) is 0 Å². The van der Waals surface area contributed by atoms with Gasteiger partial charge in [-0.05, 0) is 31.6 Å². The third-order valence-corrected chi connectivity index (χ3v) is 2.74. The highest BCUT2D eigenvalue weighted by molar-refractivity contribution is 4.79. The molecule has 1 fully saturated rings. The van der Waals surface area contributed by atoms with Gasteiger partial charge in [0.15, 0.2) is 0 Å². The van der Waals surface area contributed by atoms with Crippen molar-refractivity contribution in [3.63, 3.8) is 0 Å². The molecule has 0 aromatic carbocycles. The van der Waals surface area contributed by atoms with Gasteiger partial charge < -0.3 is 4.74 Å². The first-order valence-corrected chi connectivity index (χ1v) is 4.78. The van der Waals surface area contributed by atoms with Crippen LogP contribution in [0.1, 0.15) is 46.5 Å². The molecule has 1 aliphatic rings. The molecule has 1 heteroatoms.